The second kappa shape index (κ2) is 5.63. The van der Waals surface area contributed by atoms with E-state index >= 15 is 0 Å². The van der Waals surface area contributed by atoms with E-state index in [2.05, 4.69) is 0 Å². The number of aromatic hydroxyl groups is 1. The van der Waals surface area contributed by atoms with Crippen molar-refractivity contribution in [2.45, 2.75) is 11.1 Å². The molecule has 2 rings (SSSR count). The van der Waals surface area contributed by atoms with Crippen molar-refractivity contribution in [1.82, 2.24) is 0 Å². The first-order chi connectivity index (χ1) is 9.13. The molecule has 6 heteroatoms. The zero-order chi connectivity index (χ0) is 14.0. The van der Waals surface area contributed by atoms with E-state index in [1.54, 1.807) is 13.0 Å². The molecule has 100 valence electrons. The minimum absolute atomic E-state index is 0.0800. The number of hydrogen-bond donors (Lipinski definition) is 1. The third-order valence-electron chi connectivity index (χ3n) is 2.63. The summed E-state index contributed by atoms with van der Waals surface area (Å²) in [7, 11) is 0. The van der Waals surface area contributed by atoms with Crippen LogP contribution in [0.1, 0.15) is 27.0 Å². The number of benzene rings is 1. The minimum atomic E-state index is -0.406. The van der Waals surface area contributed by atoms with E-state index in [-0.39, 0.29) is 11.3 Å². The van der Waals surface area contributed by atoms with Gasteiger partial charge in [-0.25, -0.2) is 4.79 Å². The van der Waals surface area contributed by atoms with Crippen LogP contribution in [-0.4, -0.2) is 30.2 Å². The van der Waals surface area contributed by atoms with Crippen molar-refractivity contribution in [1.29, 1.82) is 0 Å². The number of thioether (sulfide) groups is 1. The van der Waals surface area contributed by atoms with E-state index in [9.17, 15) is 14.7 Å². The number of aldehydes is 1. The summed E-state index contributed by atoms with van der Waals surface area (Å²) in [5.74, 6) is -0.486. The highest BCUT2D eigenvalue weighted by molar-refractivity contribution is 8.00. The van der Waals surface area contributed by atoms with Crippen molar-refractivity contribution >= 4 is 46.1 Å². The van der Waals surface area contributed by atoms with E-state index in [0.29, 0.717) is 28.5 Å². The first-order valence-electron chi connectivity index (χ1n) is 5.58. The zero-order valence-electron chi connectivity index (χ0n) is 10.4. The number of carbonyl (C=O) groups excluding carboxylic acids is 2. The Balaban J connectivity index is 2.73. The lowest BCUT2D eigenvalue weighted by atomic mass is 10.1. The van der Waals surface area contributed by atoms with Crippen molar-refractivity contribution in [2.24, 2.45) is 0 Å². The molecule has 2 aromatic rings. The van der Waals surface area contributed by atoms with E-state index in [4.69, 9.17) is 4.74 Å². The third-order valence-corrected chi connectivity index (χ3v) is 4.93. The fourth-order valence-corrected chi connectivity index (χ4v) is 3.70. The molecule has 0 fully saturated rings. The van der Waals surface area contributed by atoms with E-state index in [0.717, 1.165) is 4.21 Å². The van der Waals surface area contributed by atoms with Gasteiger partial charge in [0, 0.05) is 10.8 Å². The third kappa shape index (κ3) is 2.33. The van der Waals surface area contributed by atoms with Crippen molar-refractivity contribution < 1.29 is 19.4 Å². The maximum absolute atomic E-state index is 11.9. The van der Waals surface area contributed by atoms with Crippen LogP contribution >= 0.6 is 23.1 Å². The smallest absolute Gasteiger partial charge is 0.348 e. The van der Waals surface area contributed by atoms with Crippen LogP contribution < -0.4 is 0 Å². The summed E-state index contributed by atoms with van der Waals surface area (Å²) < 4.78 is 5.79. The van der Waals surface area contributed by atoms with Gasteiger partial charge in [-0.05, 0) is 19.2 Å². The van der Waals surface area contributed by atoms with E-state index < -0.39 is 5.97 Å². The van der Waals surface area contributed by atoms with Crippen LogP contribution in [0.2, 0.25) is 0 Å². The number of phenolic OH excluding ortho intramolecular Hbond substituents is 1. The Hall–Kier alpha value is -1.53. The largest absolute Gasteiger partial charge is 0.506 e. The van der Waals surface area contributed by atoms with Gasteiger partial charge >= 0.3 is 5.97 Å². The molecule has 0 aliphatic heterocycles. The van der Waals surface area contributed by atoms with Gasteiger partial charge in [-0.3, -0.25) is 4.79 Å². The van der Waals surface area contributed by atoms with Crippen molar-refractivity contribution in [3.8, 4) is 5.75 Å². The van der Waals surface area contributed by atoms with Crippen molar-refractivity contribution in [3.05, 3.63) is 22.6 Å². The standard InChI is InChI=1S/C13H12O4S2/c1-3-17-12(16)11-8-5-4-7(6-14)10(15)9(8)13(18-2)19-11/h4-6,15H,3H2,1-2H3. The van der Waals surface area contributed by atoms with Crippen LogP contribution in [0, 0.1) is 0 Å². The van der Waals surface area contributed by atoms with Gasteiger partial charge in [-0.15, -0.1) is 23.1 Å². The summed E-state index contributed by atoms with van der Waals surface area (Å²) in [6, 6.07) is 3.17. The van der Waals surface area contributed by atoms with Crippen LogP contribution in [0.4, 0.5) is 0 Å². The van der Waals surface area contributed by atoms with Crippen molar-refractivity contribution in [2.75, 3.05) is 12.9 Å². The number of hydrogen-bond acceptors (Lipinski definition) is 6. The maximum Gasteiger partial charge on any atom is 0.348 e. The predicted octanol–water partition coefficient (Wildman–Crippen LogP) is 3.32. The molecule has 19 heavy (non-hydrogen) atoms. The second-order valence-corrected chi connectivity index (χ2v) is 5.78. The number of rotatable bonds is 4. The van der Waals surface area contributed by atoms with E-state index in [1.165, 1.54) is 29.2 Å². The molecule has 0 radical (unpaired) electrons. The molecule has 0 saturated carbocycles. The Morgan fingerprint density at radius 2 is 2.26 bits per heavy atom. The maximum atomic E-state index is 11.9. The summed E-state index contributed by atoms with van der Waals surface area (Å²) in [6.45, 7) is 2.04. The fraction of sp³-hybridized carbons (Fsp3) is 0.231. The quantitative estimate of drug-likeness (QED) is 0.533. The Kier molecular flexibility index (Phi) is 4.11. The molecule has 0 amide bonds. The van der Waals surface area contributed by atoms with Gasteiger partial charge in [-0.2, -0.15) is 0 Å². The van der Waals surface area contributed by atoms with Gasteiger partial charge in [0.1, 0.15) is 10.6 Å². The van der Waals surface area contributed by atoms with Crippen molar-refractivity contribution in [3.63, 3.8) is 0 Å². The number of thiophene rings is 1. The first kappa shape index (κ1) is 13.9. The van der Waals surface area contributed by atoms with Gasteiger partial charge in [0.05, 0.1) is 16.4 Å². The SMILES string of the molecule is CCOC(=O)c1sc(SC)c2c(O)c(C=O)ccc12. The van der Waals surface area contributed by atoms with Gasteiger partial charge in [0.15, 0.2) is 6.29 Å². The molecule has 0 spiro atoms. The summed E-state index contributed by atoms with van der Waals surface area (Å²) in [5, 5.41) is 11.3. The van der Waals surface area contributed by atoms with Crippen LogP contribution in [0.25, 0.3) is 10.8 Å². The van der Waals surface area contributed by atoms with Gasteiger partial charge in [0.2, 0.25) is 0 Å². The molecule has 0 atom stereocenters. The molecule has 0 bridgehead atoms. The monoisotopic (exact) mass is 296 g/mol. The van der Waals surface area contributed by atoms with Gasteiger partial charge in [-0.1, -0.05) is 6.07 Å². The Bertz CT molecular complexity index is 646. The molecule has 0 aliphatic carbocycles. The first-order valence-corrected chi connectivity index (χ1v) is 7.62. The average molecular weight is 296 g/mol. The number of phenols is 1. The highest BCUT2D eigenvalue weighted by atomic mass is 32.2. The fourth-order valence-electron chi connectivity index (χ4n) is 1.79. The Labute approximate surface area is 118 Å². The number of esters is 1. The molecule has 1 N–H and O–H groups in total. The highest BCUT2D eigenvalue weighted by Crippen LogP contribution is 2.43. The molecule has 4 nitrogen and oxygen atoms in total. The number of carbonyl (C=O) groups is 2. The highest BCUT2D eigenvalue weighted by Gasteiger charge is 2.21. The minimum Gasteiger partial charge on any atom is -0.506 e. The Morgan fingerprint density at radius 1 is 1.53 bits per heavy atom. The molecule has 0 aliphatic rings. The Morgan fingerprint density at radius 3 is 2.84 bits per heavy atom. The summed E-state index contributed by atoms with van der Waals surface area (Å²) >= 11 is 2.69. The summed E-state index contributed by atoms with van der Waals surface area (Å²) in [6.07, 6.45) is 2.45. The lowest BCUT2D eigenvalue weighted by Crippen LogP contribution is -2.02. The topological polar surface area (TPSA) is 63.6 Å². The summed E-state index contributed by atoms with van der Waals surface area (Å²) in [5.41, 5.74) is 0.219. The molecule has 1 heterocycles. The lowest BCUT2D eigenvalue weighted by Gasteiger charge is -2.02. The van der Waals surface area contributed by atoms with Crippen LogP contribution in [-0.2, 0) is 4.74 Å². The average Bonchev–Trinajstić information content (AvgIpc) is 2.79. The van der Waals surface area contributed by atoms with Crippen LogP contribution in [0.3, 0.4) is 0 Å². The van der Waals surface area contributed by atoms with Gasteiger partial charge in [0.25, 0.3) is 0 Å². The number of fused-ring (bicyclic) bond motifs is 1. The normalized spacial score (nSPS) is 10.6. The van der Waals surface area contributed by atoms with E-state index in [1.807, 2.05) is 6.26 Å². The number of ether oxygens (including phenoxy) is 1. The molecule has 1 aromatic carbocycles. The molecular formula is C13H12O4S2. The second-order valence-electron chi connectivity index (χ2n) is 3.69. The molecule has 0 unspecified atom stereocenters. The van der Waals surface area contributed by atoms with Crippen LogP contribution in [0.5, 0.6) is 5.75 Å². The lowest BCUT2D eigenvalue weighted by molar-refractivity contribution is 0.0534. The predicted molar refractivity (Wildman–Crippen MR) is 76.6 cm³/mol. The molecular weight excluding hydrogens is 284 g/mol. The summed E-state index contributed by atoms with van der Waals surface area (Å²) in [4.78, 5) is 23.2. The molecule has 0 saturated heterocycles. The van der Waals surface area contributed by atoms with Crippen LogP contribution in [0.15, 0.2) is 16.3 Å². The van der Waals surface area contributed by atoms with Gasteiger partial charge < -0.3 is 9.84 Å². The zero-order valence-corrected chi connectivity index (χ0v) is 12.1. The molecule has 1 aromatic heterocycles.